The molecule has 101 heavy (non-hydrogen) atoms. The van der Waals surface area contributed by atoms with E-state index in [1.807, 2.05) is 31.1 Å². The number of aliphatic carboxylic acids is 1. The summed E-state index contributed by atoms with van der Waals surface area (Å²) in [6.45, 7) is 4.59. The number of pyridine rings is 1. The molecule has 0 aliphatic carbocycles. The Kier molecular flexibility index (Phi) is 33.5. The van der Waals surface area contributed by atoms with E-state index in [2.05, 4.69) is 31.6 Å². The van der Waals surface area contributed by atoms with E-state index in [4.69, 9.17) is 61.6 Å². The van der Waals surface area contributed by atoms with Crippen LogP contribution in [0, 0.1) is 0 Å². The Morgan fingerprint density at radius 3 is 1.50 bits per heavy atom. The van der Waals surface area contributed by atoms with Crippen LogP contribution in [0.25, 0.3) is 0 Å². The molecule has 7 rings (SSSR count). The molecule has 15 N–H and O–H groups in total. The smallest absolute Gasteiger partial charge is 0.335 e. The second-order valence-corrected chi connectivity index (χ2v) is 28.8. The van der Waals surface area contributed by atoms with Crippen LogP contribution in [0.2, 0.25) is 0 Å². The predicted octanol–water partition coefficient (Wildman–Crippen LogP) is -6.07. The first-order valence-corrected chi connectivity index (χ1v) is 36.3. The molecule has 7 heterocycles. The highest BCUT2D eigenvalue weighted by atomic mass is 33.1. The third kappa shape index (κ3) is 23.1. The molecule has 6 aliphatic heterocycles. The van der Waals surface area contributed by atoms with E-state index in [0.29, 0.717) is 18.7 Å². The van der Waals surface area contributed by atoms with Gasteiger partial charge >= 0.3 is 11.9 Å². The molecule has 5 amide bonds. The molecule has 37 nitrogen and oxygen atoms in total. The number of esters is 1. The van der Waals surface area contributed by atoms with Crippen molar-refractivity contribution in [3.8, 4) is 0 Å². The lowest BCUT2D eigenvalue weighted by molar-refractivity contribution is -0.359. The summed E-state index contributed by atoms with van der Waals surface area (Å²) in [6, 6.07) is 0.949. The van der Waals surface area contributed by atoms with Gasteiger partial charge in [-0.1, -0.05) is 23.8 Å². The lowest BCUT2D eigenvalue weighted by atomic mass is 9.92. The highest BCUT2D eigenvalue weighted by molar-refractivity contribution is 8.76. The molecule has 0 radical (unpaired) electrons. The second kappa shape index (κ2) is 40.4. The van der Waals surface area contributed by atoms with Gasteiger partial charge in [0.05, 0.1) is 44.2 Å². The van der Waals surface area contributed by atoms with Crippen molar-refractivity contribution in [3.63, 3.8) is 0 Å². The van der Waals surface area contributed by atoms with Crippen molar-refractivity contribution in [1.29, 1.82) is 0 Å². The number of likely N-dealkylation sites (N-methyl/N-ethyl adjacent to an activating group) is 1. The molecule has 6 aliphatic rings. The second-order valence-electron chi connectivity index (χ2n) is 25.0. The summed E-state index contributed by atoms with van der Waals surface area (Å²) < 4.78 is 78.1. The van der Waals surface area contributed by atoms with Gasteiger partial charge in [-0.3, -0.25) is 28.8 Å². The van der Waals surface area contributed by atoms with Crippen molar-refractivity contribution in [3.05, 3.63) is 24.4 Å². The highest BCUT2D eigenvalue weighted by Gasteiger charge is 2.57. The topological polar surface area (TPSA) is 518 Å². The fraction of sp³-hybridized carbons (Fsp3) is 0.803. The van der Waals surface area contributed by atoms with Gasteiger partial charge in [-0.2, -0.15) is 0 Å². The molecule has 6 fully saturated rings. The Morgan fingerprint density at radius 1 is 0.604 bits per heavy atom. The zero-order valence-corrected chi connectivity index (χ0v) is 59.4. The van der Waals surface area contributed by atoms with E-state index in [1.54, 1.807) is 19.2 Å². The number of rotatable bonds is 34. The molecule has 0 aromatic carbocycles. The zero-order valence-electron chi connectivity index (χ0n) is 56.9. The van der Waals surface area contributed by atoms with Crippen LogP contribution in [0.15, 0.2) is 29.4 Å². The van der Waals surface area contributed by atoms with Gasteiger partial charge in [0, 0.05) is 84.5 Å². The number of hydrogen-bond donors (Lipinski definition) is 15. The van der Waals surface area contributed by atoms with E-state index in [0.717, 1.165) is 18.9 Å². The monoisotopic (exact) mass is 1500 g/mol. The molecule has 28 atom stereocenters. The number of thioether (sulfide) groups is 1. The van der Waals surface area contributed by atoms with E-state index < -0.39 is 245 Å². The Bertz CT molecular complexity index is 2810. The number of amides is 5. The normalized spacial score (nSPS) is 37.0. The van der Waals surface area contributed by atoms with Gasteiger partial charge in [-0.25, -0.2) is 9.78 Å². The molecule has 574 valence electrons. The number of aliphatic hydroxyl groups excluding tert-OH is 9. The molecule has 0 spiro atoms. The van der Waals surface area contributed by atoms with Crippen molar-refractivity contribution in [2.24, 2.45) is 0 Å². The number of carbonyl (C=O) groups is 7. The van der Waals surface area contributed by atoms with Crippen LogP contribution >= 0.6 is 33.3 Å². The third-order valence-corrected chi connectivity index (χ3v) is 20.8. The van der Waals surface area contributed by atoms with Crippen molar-refractivity contribution in [2.45, 2.75) is 236 Å². The van der Waals surface area contributed by atoms with Crippen molar-refractivity contribution < 1.29 is 146 Å². The number of aliphatic hydroxyl groups is 9. The summed E-state index contributed by atoms with van der Waals surface area (Å²) in [6.07, 6.45) is -39.9. The summed E-state index contributed by atoms with van der Waals surface area (Å²) in [7, 11) is 7.76. The lowest BCUT2D eigenvalue weighted by Gasteiger charge is -2.49. The minimum Gasteiger partial charge on any atom is -0.479 e. The summed E-state index contributed by atoms with van der Waals surface area (Å²) in [5.74, 6) is -5.40. The molecular weight excluding hydrogens is 1410 g/mol. The van der Waals surface area contributed by atoms with Gasteiger partial charge in [0.15, 0.2) is 49.8 Å². The maximum absolute atomic E-state index is 14.8. The van der Waals surface area contributed by atoms with Crippen molar-refractivity contribution in [1.82, 2.24) is 36.5 Å². The molecular formula is C61H97N7O30S3. The van der Waals surface area contributed by atoms with Crippen molar-refractivity contribution >= 4 is 74.8 Å². The van der Waals surface area contributed by atoms with Gasteiger partial charge in [0.25, 0.3) is 11.8 Å². The van der Waals surface area contributed by atoms with E-state index in [1.165, 1.54) is 54.3 Å². The minimum atomic E-state index is -2.06. The average molecular weight is 1500 g/mol. The first kappa shape index (κ1) is 83.9. The molecule has 40 heteroatoms. The summed E-state index contributed by atoms with van der Waals surface area (Å²) in [4.78, 5) is 99.2. The lowest BCUT2D eigenvalue weighted by Crippen LogP contribution is -2.69. The maximum atomic E-state index is 14.8. The first-order chi connectivity index (χ1) is 48.1. The predicted molar refractivity (Wildman–Crippen MR) is 349 cm³/mol. The van der Waals surface area contributed by atoms with Gasteiger partial charge < -0.3 is 144 Å². The van der Waals surface area contributed by atoms with Crippen LogP contribution in [0.1, 0.15) is 60.3 Å². The number of methoxy groups -OCH3 is 1. The Hall–Kier alpha value is -4.39. The van der Waals surface area contributed by atoms with Gasteiger partial charge in [-0.15, -0.1) is 11.8 Å². The van der Waals surface area contributed by atoms with Crippen LogP contribution in [-0.2, 0) is 95.1 Å². The molecule has 0 saturated carbocycles. The third-order valence-electron chi connectivity index (χ3n) is 17.1. The number of carboxylic acid groups (broad SMARTS) is 1. The van der Waals surface area contributed by atoms with E-state index in [-0.39, 0.29) is 31.9 Å². The summed E-state index contributed by atoms with van der Waals surface area (Å²) >= 11 is 1.17. The molecule has 13 unspecified atom stereocenters. The maximum Gasteiger partial charge on any atom is 0.335 e. The number of carbonyl (C=O) groups excluding carboxylic acids is 6. The number of hydrogen-bond acceptors (Lipinski definition) is 34. The zero-order chi connectivity index (χ0) is 73.9. The fourth-order valence-corrected chi connectivity index (χ4v) is 14.9. The highest BCUT2D eigenvalue weighted by Crippen LogP contribution is 2.38. The van der Waals surface area contributed by atoms with Crippen LogP contribution in [0.3, 0.4) is 0 Å². The number of carboxylic acids is 1. The van der Waals surface area contributed by atoms with Gasteiger partial charge in [0.1, 0.15) is 108 Å². The SMILES string of the molecule is CCC(SCCNC(=O)C1O[C@@H](O[C@@H]2C(NC(C)=O)[C@H](O[C@H]3CC(O)[C@H](O[C@@H]4C(NC(C)=O)[C@H](C)OC(CO)[C@H]4O)OC3C(=O)O)OC(CO)[C@H]2O)C(O)C[C@@H]1O[C@@H]1OC(CO)[C@@H](O)[C@H](O[C@@H]2OC(C(=O)NCCSSc3ccccn3)[C@@H](OC)CC2O)C1NC(C)=O)C(=O)OCCN(C)C. The van der Waals surface area contributed by atoms with Crippen LogP contribution in [0.5, 0.6) is 0 Å². The fourth-order valence-electron chi connectivity index (χ4n) is 12.1. The summed E-state index contributed by atoms with van der Waals surface area (Å²) in [5.41, 5.74) is 0. The standard InChI is InChI=1S/C61H97N7O30S3/c1-9-39(56(85)87-17-16-68(6)7)99-18-14-63-54(82)48-34(89-60-42(66-28(4)73)51(45(79)37(24-70)91-60)97-57-30(75)20-33(86-8)47(93-57)53(81)64-15-19-100-101-40-12-10-11-13-62-40)21-31(76)58(94-48)98-52-43(67-29(5)74)61(92-38(25-71)46(52)80)90-35-22-32(77)59(95-49(35)55(83)84)96-50-41(65-27(3)72)26(2)88-36(23-69)44(50)78/h10-13,26,30-39,41-52,57-61,69-71,75-80H,9,14-25H2,1-8H3,(H,63,82)(H,64,81)(H,65,72)(H,66,73)(H,67,74)(H,83,84)/t26-,30?,31?,32?,33-,34-,35-,36?,37?,38?,39?,41?,42?,43?,44+,45+,46+,47?,48?,49?,50+,51+,52+,57-,58-,59-,60+,61+/m0/s1. The average Bonchev–Trinajstić information content (AvgIpc) is 0.782. The van der Waals surface area contributed by atoms with Gasteiger partial charge in [0.2, 0.25) is 17.7 Å². The number of nitrogens with zero attached hydrogens (tertiary/aromatic N) is 2. The summed E-state index contributed by atoms with van der Waals surface area (Å²) in [5, 5.41) is 125. The number of ether oxygens (including phenoxy) is 13. The van der Waals surface area contributed by atoms with Crippen LogP contribution in [-0.4, -0.2) is 352 Å². The molecule has 1 aromatic heterocycles. The largest absolute Gasteiger partial charge is 0.479 e. The first-order valence-electron chi connectivity index (χ1n) is 33.0. The molecule has 6 saturated heterocycles. The Labute approximate surface area is 594 Å². The Morgan fingerprint density at radius 2 is 1.05 bits per heavy atom. The van der Waals surface area contributed by atoms with Crippen LogP contribution < -0.4 is 26.6 Å². The number of nitrogens with one attached hydrogen (secondary N) is 5. The molecule has 0 bridgehead atoms. The quantitative estimate of drug-likeness (QED) is 0.0173. The Balaban J connectivity index is 1.13. The van der Waals surface area contributed by atoms with E-state index >= 15 is 0 Å². The van der Waals surface area contributed by atoms with Crippen molar-refractivity contribution in [2.75, 3.05) is 78.8 Å². The van der Waals surface area contributed by atoms with Gasteiger partial charge in [-0.05, 0) is 50.4 Å². The molecule has 1 aromatic rings. The minimum absolute atomic E-state index is 0.117. The van der Waals surface area contributed by atoms with Crippen LogP contribution in [0.4, 0.5) is 0 Å². The van der Waals surface area contributed by atoms with E-state index in [9.17, 15) is 84.6 Å². The number of aromatic nitrogens is 1.